The lowest BCUT2D eigenvalue weighted by molar-refractivity contribution is 0.164. The van der Waals surface area contributed by atoms with Crippen molar-refractivity contribution in [2.75, 3.05) is 19.6 Å². The third-order valence-corrected chi connectivity index (χ3v) is 6.59. The average Bonchev–Trinajstić information content (AvgIpc) is 3.12. The first-order chi connectivity index (χ1) is 12.3. The van der Waals surface area contributed by atoms with Crippen molar-refractivity contribution in [2.24, 2.45) is 0 Å². The Bertz CT molecular complexity index is 871. The van der Waals surface area contributed by atoms with Gasteiger partial charge in [-0.05, 0) is 40.2 Å². The molecule has 9 heteroatoms. The molecule has 2 aromatic rings. The van der Waals surface area contributed by atoms with E-state index in [0.29, 0.717) is 42.0 Å². The van der Waals surface area contributed by atoms with Gasteiger partial charge in [0.25, 0.3) is 5.89 Å². The number of hydrogen-bond donors (Lipinski definition) is 2. The normalized spacial score (nSPS) is 19.2. The van der Waals surface area contributed by atoms with Gasteiger partial charge in [0.2, 0.25) is 15.9 Å². The Morgan fingerprint density at radius 1 is 1.23 bits per heavy atom. The number of aromatic nitrogens is 3. The number of nitrogens with zero attached hydrogens (tertiary/aromatic N) is 3. The van der Waals surface area contributed by atoms with E-state index in [0.717, 1.165) is 6.54 Å². The SMILES string of the molecule is Cc1nnc(-c2c(C)[nH]c(C)c2S(=O)(=O)NCCN2CCCC[C@H]2C)o1. The van der Waals surface area contributed by atoms with Crippen molar-refractivity contribution in [1.82, 2.24) is 24.8 Å². The first-order valence-corrected chi connectivity index (χ1v) is 10.5. The maximum atomic E-state index is 13.0. The topological polar surface area (TPSA) is 104 Å². The van der Waals surface area contributed by atoms with Gasteiger partial charge in [-0.25, -0.2) is 13.1 Å². The fraction of sp³-hybridized carbons (Fsp3) is 0.647. The standard InChI is InChI=1S/C17H27N5O3S/c1-11-7-5-6-9-22(11)10-8-18-26(23,24)16-13(3)19-12(2)15(16)17-21-20-14(4)25-17/h11,18-19H,5-10H2,1-4H3/t11-/m1/s1. The maximum Gasteiger partial charge on any atom is 0.250 e. The van der Waals surface area contributed by atoms with E-state index >= 15 is 0 Å². The van der Waals surface area contributed by atoms with Crippen molar-refractivity contribution in [3.8, 4) is 11.5 Å². The number of aromatic amines is 1. The molecule has 2 aromatic heterocycles. The van der Waals surface area contributed by atoms with E-state index in [1.54, 1.807) is 20.8 Å². The van der Waals surface area contributed by atoms with Crippen molar-refractivity contribution in [1.29, 1.82) is 0 Å². The molecule has 0 aliphatic carbocycles. The molecule has 0 spiro atoms. The van der Waals surface area contributed by atoms with Gasteiger partial charge in [-0.3, -0.25) is 4.90 Å². The Labute approximate surface area is 154 Å². The van der Waals surface area contributed by atoms with Gasteiger partial charge in [-0.2, -0.15) is 0 Å². The summed E-state index contributed by atoms with van der Waals surface area (Å²) in [6.45, 7) is 9.52. The third-order valence-electron chi connectivity index (χ3n) is 4.96. The largest absolute Gasteiger partial charge is 0.421 e. The summed E-state index contributed by atoms with van der Waals surface area (Å²) in [5, 5.41) is 7.81. The van der Waals surface area contributed by atoms with Crippen LogP contribution in [0.4, 0.5) is 0 Å². The van der Waals surface area contributed by atoms with Crippen molar-refractivity contribution in [2.45, 2.75) is 57.9 Å². The smallest absolute Gasteiger partial charge is 0.250 e. The first kappa shape index (κ1) is 19.1. The summed E-state index contributed by atoms with van der Waals surface area (Å²) in [4.78, 5) is 5.60. The van der Waals surface area contributed by atoms with Gasteiger partial charge < -0.3 is 9.40 Å². The third kappa shape index (κ3) is 3.84. The molecule has 1 aliphatic heterocycles. The minimum atomic E-state index is -3.69. The monoisotopic (exact) mass is 381 g/mol. The number of nitrogens with one attached hydrogen (secondary N) is 2. The number of rotatable bonds is 6. The van der Waals surface area contributed by atoms with Crippen LogP contribution in [0.3, 0.4) is 0 Å². The van der Waals surface area contributed by atoms with Crippen LogP contribution in [0, 0.1) is 20.8 Å². The predicted octanol–water partition coefficient (Wildman–Crippen LogP) is 2.14. The van der Waals surface area contributed by atoms with E-state index < -0.39 is 10.0 Å². The zero-order valence-corrected chi connectivity index (χ0v) is 16.6. The minimum Gasteiger partial charge on any atom is -0.421 e. The summed E-state index contributed by atoms with van der Waals surface area (Å²) >= 11 is 0. The van der Waals surface area contributed by atoms with Crippen LogP contribution in [0.1, 0.15) is 43.5 Å². The first-order valence-electron chi connectivity index (χ1n) is 9.03. The second-order valence-electron chi connectivity index (χ2n) is 6.98. The summed E-state index contributed by atoms with van der Waals surface area (Å²) in [6.07, 6.45) is 3.59. The highest BCUT2D eigenvalue weighted by atomic mass is 32.2. The lowest BCUT2D eigenvalue weighted by Crippen LogP contribution is -2.42. The Hall–Kier alpha value is -1.71. The summed E-state index contributed by atoms with van der Waals surface area (Å²) in [5.41, 5.74) is 1.70. The fourth-order valence-corrected chi connectivity index (χ4v) is 5.10. The van der Waals surface area contributed by atoms with Crippen molar-refractivity contribution in [3.05, 3.63) is 17.3 Å². The van der Waals surface area contributed by atoms with E-state index in [9.17, 15) is 8.42 Å². The van der Waals surface area contributed by atoms with Crippen molar-refractivity contribution >= 4 is 10.0 Å². The second-order valence-corrected chi connectivity index (χ2v) is 8.69. The van der Waals surface area contributed by atoms with Crippen LogP contribution in [0.5, 0.6) is 0 Å². The van der Waals surface area contributed by atoms with E-state index in [-0.39, 0.29) is 10.8 Å². The molecule has 0 saturated carbocycles. The quantitative estimate of drug-likeness (QED) is 0.794. The molecule has 0 bridgehead atoms. The molecule has 144 valence electrons. The Morgan fingerprint density at radius 2 is 2.00 bits per heavy atom. The molecule has 1 aliphatic rings. The lowest BCUT2D eigenvalue weighted by atomic mass is 10.0. The fourth-order valence-electron chi connectivity index (χ4n) is 3.63. The number of piperidine rings is 1. The molecule has 0 radical (unpaired) electrons. The molecule has 1 atom stereocenters. The van der Waals surface area contributed by atoms with Crippen LogP contribution in [0.15, 0.2) is 9.31 Å². The Kier molecular flexibility index (Phi) is 5.50. The summed E-state index contributed by atoms with van der Waals surface area (Å²) in [5.74, 6) is 0.614. The van der Waals surface area contributed by atoms with Crippen LogP contribution in [0.25, 0.3) is 11.5 Å². The van der Waals surface area contributed by atoms with Gasteiger partial charge in [-0.1, -0.05) is 6.42 Å². The number of H-pyrrole nitrogens is 1. The molecular formula is C17H27N5O3S. The van der Waals surface area contributed by atoms with E-state index in [4.69, 9.17) is 4.42 Å². The van der Waals surface area contributed by atoms with Crippen LogP contribution in [-0.2, 0) is 10.0 Å². The molecule has 3 rings (SSSR count). The van der Waals surface area contributed by atoms with Crippen molar-refractivity contribution in [3.63, 3.8) is 0 Å². The van der Waals surface area contributed by atoms with Gasteiger partial charge in [0.05, 0.1) is 5.56 Å². The number of hydrogen-bond acceptors (Lipinski definition) is 6. The van der Waals surface area contributed by atoms with Gasteiger partial charge in [0, 0.05) is 37.4 Å². The molecule has 1 saturated heterocycles. The number of aryl methyl sites for hydroxylation is 3. The van der Waals surface area contributed by atoms with Crippen LogP contribution >= 0.6 is 0 Å². The Morgan fingerprint density at radius 3 is 2.65 bits per heavy atom. The van der Waals surface area contributed by atoms with E-state index in [1.807, 2.05) is 0 Å². The molecule has 0 amide bonds. The molecule has 1 fully saturated rings. The minimum absolute atomic E-state index is 0.186. The van der Waals surface area contributed by atoms with Crippen LogP contribution < -0.4 is 4.72 Å². The summed E-state index contributed by atoms with van der Waals surface area (Å²) in [7, 11) is -3.69. The molecule has 8 nitrogen and oxygen atoms in total. The van der Waals surface area contributed by atoms with E-state index in [2.05, 4.69) is 31.7 Å². The van der Waals surface area contributed by atoms with Crippen LogP contribution in [-0.4, -0.2) is 54.2 Å². The molecule has 26 heavy (non-hydrogen) atoms. The highest BCUT2D eigenvalue weighted by Gasteiger charge is 2.29. The average molecular weight is 382 g/mol. The molecular weight excluding hydrogens is 354 g/mol. The predicted molar refractivity (Wildman–Crippen MR) is 98.4 cm³/mol. The summed E-state index contributed by atoms with van der Waals surface area (Å²) in [6, 6.07) is 0.501. The molecule has 2 N–H and O–H groups in total. The molecule has 0 unspecified atom stereocenters. The van der Waals surface area contributed by atoms with Gasteiger partial charge in [0.1, 0.15) is 4.90 Å². The lowest BCUT2D eigenvalue weighted by Gasteiger charge is -2.33. The highest BCUT2D eigenvalue weighted by Crippen LogP contribution is 2.32. The van der Waals surface area contributed by atoms with Gasteiger partial charge >= 0.3 is 0 Å². The molecule has 0 aromatic carbocycles. The number of likely N-dealkylation sites (tertiary alicyclic amines) is 1. The Balaban J connectivity index is 1.79. The van der Waals surface area contributed by atoms with Crippen molar-refractivity contribution < 1.29 is 12.8 Å². The van der Waals surface area contributed by atoms with E-state index in [1.165, 1.54) is 19.3 Å². The van der Waals surface area contributed by atoms with Crippen LogP contribution in [0.2, 0.25) is 0 Å². The zero-order chi connectivity index (χ0) is 18.9. The zero-order valence-electron chi connectivity index (χ0n) is 15.8. The second kappa shape index (κ2) is 7.50. The molecule has 3 heterocycles. The van der Waals surface area contributed by atoms with Gasteiger partial charge in [0.15, 0.2) is 0 Å². The summed E-state index contributed by atoms with van der Waals surface area (Å²) < 4.78 is 34.1. The number of sulfonamides is 1. The highest BCUT2D eigenvalue weighted by molar-refractivity contribution is 7.89. The van der Waals surface area contributed by atoms with Gasteiger partial charge in [-0.15, -0.1) is 10.2 Å². The maximum absolute atomic E-state index is 13.0.